The summed E-state index contributed by atoms with van der Waals surface area (Å²) < 4.78 is 5.49. The van der Waals surface area contributed by atoms with E-state index in [0.29, 0.717) is 13.0 Å². The number of alkyl carbamates (subject to hydrolysis) is 1. The third-order valence-electron chi connectivity index (χ3n) is 5.24. The Morgan fingerprint density at radius 2 is 1.60 bits per heavy atom. The number of carbonyl (C=O) groups excluding carboxylic acids is 2. The number of fused-ring (bicyclic) bond motifs is 3. The molecule has 0 spiro atoms. The molecule has 0 aromatic heterocycles. The number of carboxylic acids is 1. The summed E-state index contributed by atoms with van der Waals surface area (Å²) in [5.74, 6) is -1.32. The van der Waals surface area contributed by atoms with Crippen molar-refractivity contribution in [3.05, 3.63) is 59.7 Å². The van der Waals surface area contributed by atoms with E-state index in [0.717, 1.165) is 11.1 Å². The predicted molar refractivity (Wildman–Crippen MR) is 112 cm³/mol. The van der Waals surface area contributed by atoms with Gasteiger partial charge in [0.15, 0.2) is 0 Å². The van der Waals surface area contributed by atoms with Crippen molar-refractivity contribution in [3.8, 4) is 11.1 Å². The summed E-state index contributed by atoms with van der Waals surface area (Å²) >= 11 is 0. The normalized spacial score (nSPS) is 13.1. The zero-order valence-corrected chi connectivity index (χ0v) is 16.9. The van der Waals surface area contributed by atoms with Crippen LogP contribution in [-0.4, -0.2) is 42.8 Å². The predicted octanol–water partition coefficient (Wildman–Crippen LogP) is 3.14. The summed E-state index contributed by atoms with van der Waals surface area (Å²) in [6.45, 7) is 2.16. The number of hydrogen-bond donors (Lipinski definition) is 3. The highest BCUT2D eigenvalue weighted by Crippen LogP contribution is 2.44. The molecule has 0 aliphatic heterocycles. The van der Waals surface area contributed by atoms with Crippen LogP contribution < -0.4 is 10.6 Å². The Hall–Kier alpha value is -3.35. The molecule has 0 saturated heterocycles. The fraction of sp³-hybridized carbons (Fsp3) is 0.348. The number of amides is 2. The highest BCUT2D eigenvalue weighted by Gasteiger charge is 2.28. The fourth-order valence-electron chi connectivity index (χ4n) is 3.65. The molecule has 1 aliphatic rings. The van der Waals surface area contributed by atoms with E-state index in [1.807, 2.05) is 31.2 Å². The van der Waals surface area contributed by atoms with E-state index in [1.54, 1.807) is 0 Å². The number of aliphatic carboxylic acids is 1. The Labute approximate surface area is 175 Å². The summed E-state index contributed by atoms with van der Waals surface area (Å²) in [5.41, 5.74) is 4.67. The Balaban J connectivity index is 1.44. The van der Waals surface area contributed by atoms with Crippen LogP contribution in [0.3, 0.4) is 0 Å². The van der Waals surface area contributed by atoms with E-state index in [1.165, 1.54) is 11.1 Å². The van der Waals surface area contributed by atoms with E-state index < -0.39 is 12.1 Å². The number of nitrogens with one attached hydrogen (secondary N) is 2. The summed E-state index contributed by atoms with van der Waals surface area (Å²) in [4.78, 5) is 34.2. The van der Waals surface area contributed by atoms with Gasteiger partial charge in [-0.15, -0.1) is 0 Å². The van der Waals surface area contributed by atoms with Crippen molar-refractivity contribution in [2.24, 2.45) is 5.92 Å². The van der Waals surface area contributed by atoms with Gasteiger partial charge < -0.3 is 20.5 Å². The van der Waals surface area contributed by atoms with Gasteiger partial charge in [0.1, 0.15) is 13.2 Å². The molecule has 1 aliphatic carbocycles. The van der Waals surface area contributed by atoms with E-state index in [-0.39, 0.29) is 37.3 Å². The molecule has 0 heterocycles. The lowest BCUT2D eigenvalue weighted by Gasteiger charge is -2.16. The molecule has 2 aromatic rings. The molecule has 30 heavy (non-hydrogen) atoms. The zero-order chi connectivity index (χ0) is 21.5. The monoisotopic (exact) mass is 410 g/mol. The van der Waals surface area contributed by atoms with Crippen LogP contribution in [0.1, 0.15) is 36.8 Å². The number of rotatable bonds is 9. The van der Waals surface area contributed by atoms with E-state index in [9.17, 15) is 14.4 Å². The first-order valence-corrected chi connectivity index (χ1v) is 10.0. The van der Waals surface area contributed by atoms with Crippen molar-refractivity contribution in [1.29, 1.82) is 0 Å². The number of benzene rings is 2. The van der Waals surface area contributed by atoms with Gasteiger partial charge in [0.25, 0.3) is 0 Å². The average Bonchev–Trinajstić information content (AvgIpc) is 3.07. The molecular weight excluding hydrogens is 384 g/mol. The van der Waals surface area contributed by atoms with Gasteiger partial charge in [-0.3, -0.25) is 9.59 Å². The van der Waals surface area contributed by atoms with Gasteiger partial charge in [0, 0.05) is 18.9 Å². The summed E-state index contributed by atoms with van der Waals surface area (Å²) in [5, 5.41) is 13.6. The fourth-order valence-corrected chi connectivity index (χ4v) is 3.65. The van der Waals surface area contributed by atoms with Crippen molar-refractivity contribution < 1.29 is 24.2 Å². The maximum Gasteiger partial charge on any atom is 0.407 e. The lowest BCUT2D eigenvalue weighted by atomic mass is 9.98. The average molecular weight is 410 g/mol. The number of ether oxygens (including phenoxy) is 1. The van der Waals surface area contributed by atoms with Crippen molar-refractivity contribution in [1.82, 2.24) is 10.6 Å². The molecule has 1 unspecified atom stereocenters. The van der Waals surface area contributed by atoms with Crippen molar-refractivity contribution in [3.63, 3.8) is 0 Å². The van der Waals surface area contributed by atoms with E-state index >= 15 is 0 Å². The quantitative estimate of drug-likeness (QED) is 0.589. The second-order valence-corrected chi connectivity index (χ2v) is 7.52. The van der Waals surface area contributed by atoms with Gasteiger partial charge >= 0.3 is 12.1 Å². The van der Waals surface area contributed by atoms with Crippen LogP contribution in [-0.2, 0) is 14.3 Å². The number of carbonyl (C=O) groups is 3. The minimum Gasteiger partial charge on any atom is -0.480 e. The second-order valence-electron chi connectivity index (χ2n) is 7.52. The second kappa shape index (κ2) is 9.91. The van der Waals surface area contributed by atoms with Crippen LogP contribution in [0.15, 0.2) is 48.5 Å². The molecule has 158 valence electrons. The lowest BCUT2D eigenvalue weighted by Crippen LogP contribution is -2.32. The van der Waals surface area contributed by atoms with Gasteiger partial charge in [-0.05, 0) is 34.6 Å². The lowest BCUT2D eigenvalue weighted by molar-refractivity contribution is -0.138. The molecule has 0 bridgehead atoms. The molecule has 1 atom stereocenters. The molecule has 3 rings (SSSR count). The highest BCUT2D eigenvalue weighted by atomic mass is 16.5. The van der Waals surface area contributed by atoms with Crippen LogP contribution in [0, 0.1) is 5.92 Å². The summed E-state index contributed by atoms with van der Waals surface area (Å²) in [6.07, 6.45) is 0.259. The SMILES string of the molecule is CC(CCC(=O)NCC(=O)O)CNC(=O)OCC1c2ccccc2-c2ccccc21. The smallest absolute Gasteiger partial charge is 0.407 e. The van der Waals surface area contributed by atoms with Crippen LogP contribution in [0.5, 0.6) is 0 Å². The summed E-state index contributed by atoms with van der Waals surface area (Å²) in [7, 11) is 0. The largest absolute Gasteiger partial charge is 0.480 e. The molecule has 0 radical (unpaired) electrons. The van der Waals surface area contributed by atoms with E-state index in [2.05, 4.69) is 34.9 Å². The van der Waals surface area contributed by atoms with Gasteiger partial charge in [-0.2, -0.15) is 0 Å². The molecule has 2 amide bonds. The standard InChI is InChI=1S/C23H26N2O5/c1-15(10-11-21(26)24-13-22(27)28)12-25-23(29)30-14-20-18-8-4-2-6-16(18)17-7-3-5-9-19(17)20/h2-9,15,20H,10-14H2,1H3,(H,24,26)(H,25,29)(H,27,28). The third kappa shape index (κ3) is 5.37. The Bertz CT molecular complexity index is 882. The molecular formula is C23H26N2O5. The number of hydrogen-bond acceptors (Lipinski definition) is 4. The van der Waals surface area contributed by atoms with Crippen molar-refractivity contribution in [2.45, 2.75) is 25.7 Å². The molecule has 0 fully saturated rings. The Morgan fingerprint density at radius 3 is 2.20 bits per heavy atom. The Morgan fingerprint density at radius 1 is 1.00 bits per heavy atom. The summed E-state index contributed by atoms with van der Waals surface area (Å²) in [6, 6.07) is 16.3. The maximum absolute atomic E-state index is 12.2. The van der Waals surface area contributed by atoms with Crippen LogP contribution in [0.4, 0.5) is 4.79 Å². The first-order chi connectivity index (χ1) is 14.5. The molecule has 7 heteroatoms. The first-order valence-electron chi connectivity index (χ1n) is 10.0. The molecule has 2 aromatic carbocycles. The van der Waals surface area contributed by atoms with Gasteiger partial charge in [-0.1, -0.05) is 55.5 Å². The highest BCUT2D eigenvalue weighted by molar-refractivity contribution is 5.81. The Kier molecular flexibility index (Phi) is 7.06. The van der Waals surface area contributed by atoms with Crippen LogP contribution in [0.2, 0.25) is 0 Å². The zero-order valence-electron chi connectivity index (χ0n) is 16.9. The first kappa shape index (κ1) is 21.4. The van der Waals surface area contributed by atoms with Gasteiger partial charge in [0.2, 0.25) is 5.91 Å². The van der Waals surface area contributed by atoms with Gasteiger partial charge in [0.05, 0.1) is 0 Å². The minimum absolute atomic E-state index is 0.0125. The van der Waals surface area contributed by atoms with E-state index in [4.69, 9.17) is 9.84 Å². The molecule has 3 N–H and O–H groups in total. The molecule has 7 nitrogen and oxygen atoms in total. The maximum atomic E-state index is 12.2. The topological polar surface area (TPSA) is 105 Å². The third-order valence-corrected chi connectivity index (χ3v) is 5.24. The van der Waals surface area contributed by atoms with Crippen LogP contribution in [0.25, 0.3) is 11.1 Å². The van der Waals surface area contributed by atoms with Crippen LogP contribution >= 0.6 is 0 Å². The van der Waals surface area contributed by atoms with Crippen molar-refractivity contribution in [2.75, 3.05) is 19.7 Å². The minimum atomic E-state index is -1.08. The van der Waals surface area contributed by atoms with Gasteiger partial charge in [-0.25, -0.2) is 4.79 Å². The molecule has 0 saturated carbocycles. The number of carboxylic acid groups (broad SMARTS) is 1. The van der Waals surface area contributed by atoms with Crippen molar-refractivity contribution >= 4 is 18.0 Å².